The Labute approximate surface area is 98.8 Å². The molecule has 82 valence electrons. The summed E-state index contributed by atoms with van der Waals surface area (Å²) in [6, 6.07) is 9.47. The maximum atomic E-state index is 12.1. The van der Waals surface area contributed by atoms with Gasteiger partial charge < -0.3 is 4.57 Å². The number of hydrogen-bond acceptors (Lipinski definition) is 1. The van der Waals surface area contributed by atoms with Crippen molar-refractivity contribution in [3.05, 3.63) is 59.0 Å². The molecule has 16 heavy (non-hydrogen) atoms. The van der Waals surface area contributed by atoms with Crippen molar-refractivity contribution in [1.82, 2.24) is 4.57 Å². The Hall–Kier alpha value is -1.54. The van der Waals surface area contributed by atoms with Crippen molar-refractivity contribution in [1.29, 1.82) is 0 Å². The number of allylic oxidation sites excluding steroid dienone is 1. The lowest BCUT2D eigenvalue weighted by Gasteiger charge is -2.07. The van der Waals surface area contributed by atoms with Gasteiger partial charge in [-0.1, -0.05) is 24.8 Å². The van der Waals surface area contributed by atoms with Crippen molar-refractivity contribution < 1.29 is 0 Å². The number of alkyl halides is 1. The number of rotatable bonds is 3. The third-order valence-electron chi connectivity index (χ3n) is 2.47. The minimum absolute atomic E-state index is 0.00404. The van der Waals surface area contributed by atoms with E-state index in [2.05, 4.69) is 6.58 Å². The minimum atomic E-state index is 0.00404. The predicted octanol–water partition coefficient (Wildman–Crippen LogP) is 2.80. The molecule has 3 heteroatoms. The SMILES string of the molecule is C=C(CCl)Cn1ccc2ccccc2c1=O. The highest BCUT2D eigenvalue weighted by Gasteiger charge is 2.02. The maximum Gasteiger partial charge on any atom is 0.258 e. The molecule has 2 aromatic rings. The molecule has 0 aliphatic heterocycles. The summed E-state index contributed by atoms with van der Waals surface area (Å²) in [5.41, 5.74) is 0.836. The van der Waals surface area contributed by atoms with E-state index < -0.39 is 0 Å². The summed E-state index contributed by atoms with van der Waals surface area (Å²) in [5, 5.41) is 1.69. The smallest absolute Gasteiger partial charge is 0.258 e. The maximum absolute atomic E-state index is 12.1. The Kier molecular flexibility index (Phi) is 3.11. The van der Waals surface area contributed by atoms with Gasteiger partial charge in [-0.15, -0.1) is 11.6 Å². The highest BCUT2D eigenvalue weighted by Crippen LogP contribution is 2.08. The summed E-state index contributed by atoms with van der Waals surface area (Å²) < 4.78 is 1.63. The number of pyridine rings is 1. The molecule has 0 amide bonds. The van der Waals surface area contributed by atoms with Gasteiger partial charge in [0.1, 0.15) is 0 Å². The van der Waals surface area contributed by atoms with Crippen LogP contribution in [0.15, 0.2) is 53.5 Å². The average Bonchev–Trinajstić information content (AvgIpc) is 2.33. The molecule has 0 saturated heterocycles. The van der Waals surface area contributed by atoms with Crippen LogP contribution in [-0.2, 0) is 6.54 Å². The average molecular weight is 234 g/mol. The highest BCUT2D eigenvalue weighted by atomic mass is 35.5. The standard InChI is InChI=1S/C13H12ClNO/c1-10(8-14)9-15-7-6-11-4-2-3-5-12(11)13(15)16/h2-7H,1,8-9H2. The summed E-state index contributed by atoms with van der Waals surface area (Å²) in [5.74, 6) is 0.374. The molecule has 0 spiro atoms. The third-order valence-corrected chi connectivity index (χ3v) is 2.85. The lowest BCUT2D eigenvalue weighted by Crippen LogP contribution is -2.20. The Balaban J connectivity index is 2.53. The van der Waals surface area contributed by atoms with Crippen molar-refractivity contribution in [2.24, 2.45) is 0 Å². The predicted molar refractivity (Wildman–Crippen MR) is 68.1 cm³/mol. The van der Waals surface area contributed by atoms with Crippen LogP contribution in [0, 0.1) is 0 Å². The summed E-state index contributed by atoms with van der Waals surface area (Å²) in [4.78, 5) is 12.1. The molecule has 0 fully saturated rings. The number of halogens is 1. The molecule has 0 saturated carbocycles. The van der Waals surface area contributed by atoms with Crippen LogP contribution in [0.5, 0.6) is 0 Å². The van der Waals surface area contributed by atoms with Crippen LogP contribution in [0.1, 0.15) is 0 Å². The lowest BCUT2D eigenvalue weighted by molar-refractivity contribution is 0.758. The lowest BCUT2D eigenvalue weighted by atomic mass is 10.2. The zero-order valence-electron chi connectivity index (χ0n) is 8.82. The van der Waals surface area contributed by atoms with Crippen molar-refractivity contribution in [2.75, 3.05) is 5.88 Å². The molecule has 0 bridgehead atoms. The van der Waals surface area contributed by atoms with Crippen LogP contribution >= 0.6 is 11.6 Å². The van der Waals surface area contributed by atoms with Crippen LogP contribution in [-0.4, -0.2) is 10.4 Å². The van der Waals surface area contributed by atoms with Crippen molar-refractivity contribution in [3.8, 4) is 0 Å². The number of aromatic nitrogens is 1. The van der Waals surface area contributed by atoms with Crippen LogP contribution < -0.4 is 5.56 Å². The largest absolute Gasteiger partial charge is 0.311 e. The van der Waals surface area contributed by atoms with Gasteiger partial charge in [0.2, 0.25) is 0 Å². The number of hydrogen-bond donors (Lipinski definition) is 0. The van der Waals surface area contributed by atoms with Gasteiger partial charge in [0.05, 0.1) is 0 Å². The minimum Gasteiger partial charge on any atom is -0.311 e. The van der Waals surface area contributed by atoms with Crippen LogP contribution in [0.2, 0.25) is 0 Å². The molecule has 0 aliphatic carbocycles. The van der Waals surface area contributed by atoms with E-state index in [1.165, 1.54) is 0 Å². The first kappa shape index (κ1) is 11.0. The summed E-state index contributed by atoms with van der Waals surface area (Å²) in [6.07, 6.45) is 1.78. The fraction of sp³-hybridized carbons (Fsp3) is 0.154. The first-order chi connectivity index (χ1) is 7.72. The van der Waals surface area contributed by atoms with Gasteiger partial charge in [-0.05, 0) is 23.1 Å². The second-order valence-corrected chi connectivity index (χ2v) is 3.99. The van der Waals surface area contributed by atoms with Gasteiger partial charge >= 0.3 is 0 Å². The van der Waals surface area contributed by atoms with Gasteiger partial charge in [-0.3, -0.25) is 4.79 Å². The second-order valence-electron chi connectivity index (χ2n) is 3.72. The summed E-state index contributed by atoms with van der Waals surface area (Å²) >= 11 is 5.66. The zero-order chi connectivity index (χ0) is 11.5. The van der Waals surface area contributed by atoms with E-state index >= 15 is 0 Å². The molecule has 0 radical (unpaired) electrons. The van der Waals surface area contributed by atoms with Gasteiger partial charge in [-0.2, -0.15) is 0 Å². The monoisotopic (exact) mass is 233 g/mol. The van der Waals surface area contributed by atoms with Gasteiger partial charge in [-0.25, -0.2) is 0 Å². The summed E-state index contributed by atoms with van der Waals surface area (Å²) in [6.45, 7) is 4.28. The molecule has 1 aromatic carbocycles. The van der Waals surface area contributed by atoms with E-state index in [1.54, 1.807) is 10.8 Å². The number of nitrogens with zero attached hydrogens (tertiary/aromatic N) is 1. The molecular weight excluding hydrogens is 222 g/mol. The molecule has 1 aromatic heterocycles. The van der Waals surface area contributed by atoms with E-state index in [1.807, 2.05) is 30.3 Å². The second kappa shape index (κ2) is 4.54. The fourth-order valence-electron chi connectivity index (χ4n) is 1.64. The molecule has 0 unspecified atom stereocenters. The quantitative estimate of drug-likeness (QED) is 0.590. The Morgan fingerprint density at radius 3 is 2.81 bits per heavy atom. The van der Waals surface area contributed by atoms with Gasteiger partial charge in [0, 0.05) is 24.0 Å². The van der Waals surface area contributed by atoms with Crippen molar-refractivity contribution in [3.63, 3.8) is 0 Å². The number of fused-ring (bicyclic) bond motifs is 1. The van der Waals surface area contributed by atoms with E-state index in [9.17, 15) is 4.79 Å². The normalized spacial score (nSPS) is 10.6. The van der Waals surface area contributed by atoms with Crippen molar-refractivity contribution >= 4 is 22.4 Å². The number of benzene rings is 1. The molecular formula is C13H12ClNO. The van der Waals surface area contributed by atoms with E-state index in [0.29, 0.717) is 12.4 Å². The Morgan fingerprint density at radius 2 is 2.06 bits per heavy atom. The van der Waals surface area contributed by atoms with Gasteiger partial charge in [0.15, 0.2) is 0 Å². The fourth-order valence-corrected chi connectivity index (χ4v) is 1.72. The van der Waals surface area contributed by atoms with Crippen molar-refractivity contribution in [2.45, 2.75) is 6.54 Å². The Morgan fingerprint density at radius 1 is 1.31 bits per heavy atom. The zero-order valence-corrected chi connectivity index (χ0v) is 9.57. The summed E-state index contributed by atoms with van der Waals surface area (Å²) in [7, 11) is 0. The van der Waals surface area contributed by atoms with E-state index in [-0.39, 0.29) is 5.56 Å². The van der Waals surface area contributed by atoms with Crippen LogP contribution in [0.4, 0.5) is 0 Å². The molecule has 2 nitrogen and oxygen atoms in total. The third kappa shape index (κ3) is 2.02. The highest BCUT2D eigenvalue weighted by molar-refractivity contribution is 6.19. The van der Waals surface area contributed by atoms with Gasteiger partial charge in [0.25, 0.3) is 5.56 Å². The molecule has 2 rings (SSSR count). The van der Waals surface area contributed by atoms with E-state index in [4.69, 9.17) is 11.6 Å². The van der Waals surface area contributed by atoms with Crippen LogP contribution in [0.3, 0.4) is 0 Å². The first-order valence-corrected chi connectivity index (χ1v) is 5.56. The first-order valence-electron chi connectivity index (χ1n) is 5.03. The molecule has 0 N–H and O–H groups in total. The molecule has 0 atom stereocenters. The molecule has 0 aliphatic rings. The Bertz CT molecular complexity index is 586. The van der Waals surface area contributed by atoms with Crippen LogP contribution in [0.25, 0.3) is 10.8 Å². The molecule has 1 heterocycles. The topological polar surface area (TPSA) is 22.0 Å². The van der Waals surface area contributed by atoms with E-state index in [0.717, 1.165) is 16.3 Å².